The molecule has 3 nitrogen and oxygen atoms in total. The fourth-order valence-electron chi connectivity index (χ4n) is 2.09. The molecule has 1 aliphatic heterocycles. The number of rotatable bonds is 3. The third-order valence-corrected chi connectivity index (χ3v) is 3.39. The van der Waals surface area contributed by atoms with Crippen LogP contribution in [0.3, 0.4) is 0 Å². The molecule has 84 valence electrons. The maximum absolute atomic E-state index is 6.14. The van der Waals surface area contributed by atoms with E-state index in [1.807, 2.05) is 19.3 Å². The summed E-state index contributed by atoms with van der Waals surface area (Å²) >= 11 is 6.14. The molecule has 1 fully saturated rings. The predicted octanol–water partition coefficient (Wildman–Crippen LogP) is 1.89. The zero-order chi connectivity index (χ0) is 10.7. The Morgan fingerprint density at radius 2 is 2.40 bits per heavy atom. The van der Waals surface area contributed by atoms with Crippen LogP contribution >= 0.6 is 11.6 Å². The van der Waals surface area contributed by atoms with E-state index < -0.39 is 0 Å². The monoisotopic (exact) mass is 227 g/mol. The van der Waals surface area contributed by atoms with E-state index in [0.717, 1.165) is 25.5 Å². The van der Waals surface area contributed by atoms with Crippen molar-refractivity contribution in [3.8, 4) is 0 Å². The number of alkyl halides is 1. The van der Waals surface area contributed by atoms with Crippen molar-refractivity contribution in [2.75, 3.05) is 19.6 Å². The van der Waals surface area contributed by atoms with Crippen LogP contribution in [0.5, 0.6) is 0 Å². The third-order valence-electron chi connectivity index (χ3n) is 3.03. The highest BCUT2D eigenvalue weighted by molar-refractivity contribution is 6.20. The molecule has 0 aliphatic carbocycles. The number of halogens is 1. The van der Waals surface area contributed by atoms with E-state index in [2.05, 4.69) is 14.5 Å². The third kappa shape index (κ3) is 2.95. The van der Waals surface area contributed by atoms with Crippen molar-refractivity contribution in [3.05, 3.63) is 18.2 Å². The van der Waals surface area contributed by atoms with Gasteiger partial charge in [-0.2, -0.15) is 0 Å². The largest absolute Gasteiger partial charge is 0.334 e. The summed E-state index contributed by atoms with van der Waals surface area (Å²) in [6.07, 6.45) is 6.30. The van der Waals surface area contributed by atoms with E-state index >= 15 is 0 Å². The van der Waals surface area contributed by atoms with Gasteiger partial charge in [0.05, 0.1) is 0 Å². The van der Waals surface area contributed by atoms with Gasteiger partial charge < -0.3 is 9.47 Å². The number of hydrogen-bond acceptors (Lipinski definition) is 2. The Morgan fingerprint density at radius 1 is 1.53 bits per heavy atom. The molecule has 1 atom stereocenters. The van der Waals surface area contributed by atoms with Gasteiger partial charge in [0.1, 0.15) is 5.82 Å². The van der Waals surface area contributed by atoms with Crippen LogP contribution in [0.2, 0.25) is 0 Å². The first kappa shape index (κ1) is 11.0. The molecule has 0 N–H and O–H groups in total. The van der Waals surface area contributed by atoms with Crippen molar-refractivity contribution in [3.63, 3.8) is 0 Å². The second-order valence-electron chi connectivity index (χ2n) is 4.21. The molecule has 0 radical (unpaired) electrons. The summed E-state index contributed by atoms with van der Waals surface area (Å²) in [7, 11) is 0. The summed E-state index contributed by atoms with van der Waals surface area (Å²) in [5, 5.41) is 0.350. The minimum atomic E-state index is 0.350. The Morgan fingerprint density at radius 3 is 3.07 bits per heavy atom. The molecule has 15 heavy (non-hydrogen) atoms. The van der Waals surface area contributed by atoms with E-state index in [4.69, 9.17) is 11.6 Å². The predicted molar refractivity (Wildman–Crippen MR) is 62.3 cm³/mol. The molecule has 2 heterocycles. The van der Waals surface area contributed by atoms with E-state index in [-0.39, 0.29) is 0 Å². The van der Waals surface area contributed by atoms with Crippen molar-refractivity contribution in [2.24, 2.45) is 0 Å². The molecule has 1 aromatic rings. The first-order chi connectivity index (χ1) is 7.25. The summed E-state index contributed by atoms with van der Waals surface area (Å²) in [5.41, 5.74) is 0. The van der Waals surface area contributed by atoms with Crippen LogP contribution in [-0.4, -0.2) is 39.5 Å². The fraction of sp³-hybridized carbons (Fsp3) is 0.727. The SMILES string of the molecule is Cc1nccn1CCN1CCCC(Cl)C1. The fourth-order valence-corrected chi connectivity index (χ4v) is 2.44. The Bertz CT molecular complexity index is 311. The first-order valence-corrected chi connectivity index (χ1v) is 6.03. The Kier molecular flexibility index (Phi) is 3.65. The van der Waals surface area contributed by atoms with Gasteiger partial charge in [-0.3, -0.25) is 0 Å². The standard InChI is InChI=1S/C11H18ClN3/c1-10-13-4-6-15(10)8-7-14-5-2-3-11(12)9-14/h4,6,11H,2-3,5,7-9H2,1H3. The van der Waals surface area contributed by atoms with Gasteiger partial charge in [-0.05, 0) is 26.3 Å². The number of nitrogens with zero attached hydrogens (tertiary/aromatic N) is 3. The molecule has 0 amide bonds. The van der Waals surface area contributed by atoms with E-state index in [9.17, 15) is 0 Å². The molecule has 2 rings (SSSR count). The van der Waals surface area contributed by atoms with E-state index in [1.54, 1.807) is 0 Å². The summed E-state index contributed by atoms with van der Waals surface area (Å²) in [5.74, 6) is 1.09. The van der Waals surface area contributed by atoms with Crippen molar-refractivity contribution in [1.29, 1.82) is 0 Å². The van der Waals surface area contributed by atoms with E-state index in [0.29, 0.717) is 5.38 Å². The maximum Gasteiger partial charge on any atom is 0.105 e. The zero-order valence-electron chi connectivity index (χ0n) is 9.19. The van der Waals surface area contributed by atoms with Gasteiger partial charge in [0.2, 0.25) is 0 Å². The lowest BCUT2D eigenvalue weighted by molar-refractivity contribution is 0.223. The zero-order valence-corrected chi connectivity index (χ0v) is 9.95. The quantitative estimate of drug-likeness (QED) is 0.736. The number of aromatic nitrogens is 2. The lowest BCUT2D eigenvalue weighted by atomic mass is 10.1. The normalized spacial score (nSPS) is 23.2. The second-order valence-corrected chi connectivity index (χ2v) is 4.83. The van der Waals surface area contributed by atoms with Crippen molar-refractivity contribution < 1.29 is 0 Å². The number of hydrogen-bond donors (Lipinski definition) is 0. The van der Waals surface area contributed by atoms with Gasteiger partial charge in [0.25, 0.3) is 0 Å². The lowest BCUT2D eigenvalue weighted by Crippen LogP contribution is -2.37. The molecular weight excluding hydrogens is 210 g/mol. The smallest absolute Gasteiger partial charge is 0.105 e. The highest BCUT2D eigenvalue weighted by Crippen LogP contribution is 2.14. The van der Waals surface area contributed by atoms with Gasteiger partial charge in [-0.15, -0.1) is 11.6 Å². The molecule has 1 saturated heterocycles. The minimum Gasteiger partial charge on any atom is -0.334 e. The lowest BCUT2D eigenvalue weighted by Gasteiger charge is -2.29. The first-order valence-electron chi connectivity index (χ1n) is 5.60. The topological polar surface area (TPSA) is 21.1 Å². The summed E-state index contributed by atoms with van der Waals surface area (Å²) < 4.78 is 2.19. The highest BCUT2D eigenvalue weighted by atomic mass is 35.5. The Hall–Kier alpha value is -0.540. The number of piperidine rings is 1. The molecule has 0 aromatic carbocycles. The van der Waals surface area contributed by atoms with Crippen LogP contribution in [0.4, 0.5) is 0 Å². The number of aryl methyl sites for hydroxylation is 1. The maximum atomic E-state index is 6.14. The molecular formula is C11H18ClN3. The molecule has 0 spiro atoms. The Labute approximate surface area is 96.0 Å². The van der Waals surface area contributed by atoms with Crippen molar-refractivity contribution in [1.82, 2.24) is 14.5 Å². The Balaban J connectivity index is 1.80. The summed E-state index contributed by atoms with van der Waals surface area (Å²) in [6.45, 7) is 6.38. The van der Waals surface area contributed by atoms with Gasteiger partial charge in [0, 0.05) is 37.4 Å². The van der Waals surface area contributed by atoms with Crippen LogP contribution in [0, 0.1) is 6.92 Å². The van der Waals surface area contributed by atoms with Crippen LogP contribution in [0.25, 0.3) is 0 Å². The average Bonchev–Trinajstić information content (AvgIpc) is 2.61. The molecule has 0 saturated carbocycles. The van der Waals surface area contributed by atoms with Gasteiger partial charge in [-0.25, -0.2) is 4.98 Å². The highest BCUT2D eigenvalue weighted by Gasteiger charge is 2.17. The van der Waals surface area contributed by atoms with Crippen LogP contribution in [-0.2, 0) is 6.54 Å². The molecule has 1 aliphatic rings. The van der Waals surface area contributed by atoms with Crippen LogP contribution < -0.4 is 0 Å². The van der Waals surface area contributed by atoms with Crippen molar-refractivity contribution in [2.45, 2.75) is 31.7 Å². The molecule has 4 heteroatoms. The molecule has 1 aromatic heterocycles. The van der Waals surface area contributed by atoms with E-state index in [1.165, 1.54) is 19.4 Å². The summed E-state index contributed by atoms with van der Waals surface area (Å²) in [6, 6.07) is 0. The number of likely N-dealkylation sites (tertiary alicyclic amines) is 1. The van der Waals surface area contributed by atoms with Crippen LogP contribution in [0.15, 0.2) is 12.4 Å². The summed E-state index contributed by atoms with van der Waals surface area (Å²) in [4.78, 5) is 6.66. The van der Waals surface area contributed by atoms with Gasteiger partial charge in [-0.1, -0.05) is 0 Å². The second kappa shape index (κ2) is 4.99. The minimum absolute atomic E-state index is 0.350. The average molecular weight is 228 g/mol. The van der Waals surface area contributed by atoms with Gasteiger partial charge >= 0.3 is 0 Å². The van der Waals surface area contributed by atoms with Crippen molar-refractivity contribution >= 4 is 11.6 Å². The number of imidazole rings is 1. The van der Waals surface area contributed by atoms with Gasteiger partial charge in [0.15, 0.2) is 0 Å². The molecule has 1 unspecified atom stereocenters. The van der Waals surface area contributed by atoms with Crippen LogP contribution in [0.1, 0.15) is 18.7 Å². The molecule has 0 bridgehead atoms.